The van der Waals surface area contributed by atoms with Crippen molar-refractivity contribution in [2.75, 3.05) is 4.72 Å². The molecule has 2 aromatic carbocycles. The molecule has 0 saturated carbocycles. The summed E-state index contributed by atoms with van der Waals surface area (Å²) < 4.78 is 27.3. The van der Waals surface area contributed by atoms with Crippen LogP contribution in [0.2, 0.25) is 0 Å². The Morgan fingerprint density at radius 3 is 2.32 bits per heavy atom. The predicted molar refractivity (Wildman–Crippen MR) is 86.2 cm³/mol. The first kappa shape index (κ1) is 16.0. The lowest BCUT2D eigenvalue weighted by Gasteiger charge is -2.11. The molecule has 2 rings (SSSR count). The summed E-state index contributed by atoms with van der Waals surface area (Å²) in [6, 6.07) is 13.0. The molecule has 0 fully saturated rings. The molecule has 0 atom stereocenters. The predicted octanol–water partition coefficient (Wildman–Crippen LogP) is 2.54. The Labute approximate surface area is 130 Å². The van der Waals surface area contributed by atoms with Gasteiger partial charge in [-0.1, -0.05) is 37.6 Å². The van der Waals surface area contributed by atoms with Crippen LogP contribution in [0.15, 0.2) is 53.4 Å². The number of sulfonamides is 1. The summed E-state index contributed by atoms with van der Waals surface area (Å²) in [5.41, 5.74) is 6.78. The minimum absolute atomic E-state index is 0.0300. The van der Waals surface area contributed by atoms with Gasteiger partial charge in [-0.2, -0.15) is 0 Å². The van der Waals surface area contributed by atoms with Gasteiger partial charge in [-0.3, -0.25) is 9.52 Å². The van der Waals surface area contributed by atoms with Crippen LogP contribution in [0.4, 0.5) is 5.69 Å². The summed E-state index contributed by atoms with van der Waals surface area (Å²) >= 11 is 0. The molecular formula is C16H18N2O3S. The Balaban J connectivity index is 2.30. The van der Waals surface area contributed by atoms with E-state index in [1.165, 1.54) is 12.1 Å². The highest BCUT2D eigenvalue weighted by Crippen LogP contribution is 2.20. The molecule has 5 nitrogen and oxygen atoms in total. The minimum Gasteiger partial charge on any atom is -0.366 e. The zero-order chi connectivity index (χ0) is 16.2. The van der Waals surface area contributed by atoms with Crippen LogP contribution in [0.3, 0.4) is 0 Å². The summed E-state index contributed by atoms with van der Waals surface area (Å²) in [5, 5.41) is 0. The van der Waals surface area contributed by atoms with E-state index < -0.39 is 15.9 Å². The second-order valence-corrected chi connectivity index (χ2v) is 6.56. The Kier molecular flexibility index (Phi) is 4.82. The van der Waals surface area contributed by atoms with Crippen LogP contribution in [0.25, 0.3) is 0 Å². The van der Waals surface area contributed by atoms with E-state index in [4.69, 9.17) is 5.73 Å². The van der Waals surface area contributed by atoms with Crippen LogP contribution >= 0.6 is 0 Å². The third-order valence-corrected chi connectivity index (χ3v) is 4.63. The SMILES string of the molecule is CCCc1ccc(NS(=O)(=O)c2ccccc2C(N)=O)cc1. The Morgan fingerprint density at radius 1 is 1.09 bits per heavy atom. The van der Waals surface area contributed by atoms with Gasteiger partial charge in [-0.05, 0) is 36.2 Å². The van der Waals surface area contributed by atoms with Gasteiger partial charge in [0.25, 0.3) is 10.0 Å². The van der Waals surface area contributed by atoms with E-state index in [9.17, 15) is 13.2 Å². The fraction of sp³-hybridized carbons (Fsp3) is 0.188. The summed E-state index contributed by atoms with van der Waals surface area (Å²) in [5.74, 6) is -0.778. The maximum atomic E-state index is 12.4. The maximum Gasteiger partial charge on any atom is 0.262 e. The lowest BCUT2D eigenvalue weighted by atomic mass is 10.1. The van der Waals surface area contributed by atoms with E-state index in [1.54, 1.807) is 24.3 Å². The zero-order valence-corrected chi connectivity index (χ0v) is 13.1. The van der Waals surface area contributed by atoms with Gasteiger partial charge >= 0.3 is 0 Å². The van der Waals surface area contributed by atoms with Gasteiger partial charge in [0.15, 0.2) is 0 Å². The number of nitrogens with one attached hydrogen (secondary N) is 1. The molecule has 22 heavy (non-hydrogen) atoms. The number of benzene rings is 2. The third kappa shape index (κ3) is 3.65. The molecular weight excluding hydrogens is 300 g/mol. The van der Waals surface area contributed by atoms with Crippen molar-refractivity contribution in [2.45, 2.75) is 24.7 Å². The molecule has 0 heterocycles. The number of nitrogens with two attached hydrogens (primary N) is 1. The highest BCUT2D eigenvalue weighted by molar-refractivity contribution is 7.92. The topological polar surface area (TPSA) is 89.3 Å². The Bertz CT molecular complexity index is 768. The van der Waals surface area contributed by atoms with Gasteiger partial charge in [-0.15, -0.1) is 0 Å². The highest BCUT2D eigenvalue weighted by atomic mass is 32.2. The number of amides is 1. The van der Waals surface area contributed by atoms with Crippen LogP contribution < -0.4 is 10.5 Å². The molecule has 0 aromatic heterocycles. The Morgan fingerprint density at radius 2 is 1.73 bits per heavy atom. The van der Waals surface area contributed by atoms with Gasteiger partial charge < -0.3 is 5.73 Å². The van der Waals surface area contributed by atoms with Crippen molar-refractivity contribution in [3.63, 3.8) is 0 Å². The Hall–Kier alpha value is -2.34. The summed E-state index contributed by atoms with van der Waals surface area (Å²) in [7, 11) is -3.86. The van der Waals surface area contributed by atoms with Crippen molar-refractivity contribution in [1.82, 2.24) is 0 Å². The van der Waals surface area contributed by atoms with Gasteiger partial charge in [0.2, 0.25) is 5.91 Å². The van der Waals surface area contributed by atoms with Crippen molar-refractivity contribution >= 4 is 21.6 Å². The van der Waals surface area contributed by atoms with Crippen molar-refractivity contribution < 1.29 is 13.2 Å². The highest BCUT2D eigenvalue weighted by Gasteiger charge is 2.20. The van der Waals surface area contributed by atoms with Crippen molar-refractivity contribution in [3.05, 3.63) is 59.7 Å². The molecule has 0 aliphatic carbocycles. The largest absolute Gasteiger partial charge is 0.366 e. The second-order valence-electron chi connectivity index (χ2n) is 4.91. The molecule has 0 aliphatic rings. The lowest BCUT2D eigenvalue weighted by Crippen LogP contribution is -2.20. The van der Waals surface area contributed by atoms with E-state index in [0.717, 1.165) is 18.4 Å². The van der Waals surface area contributed by atoms with E-state index in [1.807, 2.05) is 12.1 Å². The van der Waals surface area contributed by atoms with E-state index >= 15 is 0 Å². The fourth-order valence-corrected chi connectivity index (χ4v) is 3.42. The van der Waals surface area contributed by atoms with Crippen LogP contribution in [0.5, 0.6) is 0 Å². The molecule has 0 aliphatic heterocycles. The van der Waals surface area contributed by atoms with Gasteiger partial charge in [0.1, 0.15) is 4.90 Å². The molecule has 0 unspecified atom stereocenters. The number of anilines is 1. The van der Waals surface area contributed by atoms with Crippen LogP contribution in [0, 0.1) is 0 Å². The molecule has 3 N–H and O–H groups in total. The number of hydrogen-bond acceptors (Lipinski definition) is 3. The first-order valence-electron chi connectivity index (χ1n) is 6.94. The van der Waals surface area contributed by atoms with Crippen molar-refractivity contribution in [3.8, 4) is 0 Å². The molecule has 2 aromatic rings. The normalized spacial score (nSPS) is 11.1. The number of carbonyl (C=O) groups excluding carboxylic acids is 1. The maximum absolute atomic E-state index is 12.4. The molecule has 1 amide bonds. The molecule has 0 bridgehead atoms. The quantitative estimate of drug-likeness (QED) is 0.857. The van der Waals surface area contributed by atoms with Gasteiger partial charge in [0.05, 0.1) is 5.56 Å². The molecule has 0 spiro atoms. The minimum atomic E-state index is -3.86. The summed E-state index contributed by atoms with van der Waals surface area (Å²) in [4.78, 5) is 11.2. The zero-order valence-electron chi connectivity index (χ0n) is 12.2. The molecule has 0 saturated heterocycles. The number of carbonyl (C=O) groups is 1. The monoisotopic (exact) mass is 318 g/mol. The van der Waals surface area contributed by atoms with Crippen LogP contribution in [-0.4, -0.2) is 14.3 Å². The standard InChI is InChI=1S/C16H18N2O3S/c1-2-5-12-8-10-13(11-9-12)18-22(20,21)15-7-4-3-6-14(15)16(17)19/h3-4,6-11,18H,2,5H2,1H3,(H2,17,19). The van der Waals surface area contributed by atoms with E-state index in [2.05, 4.69) is 11.6 Å². The van der Waals surface area contributed by atoms with E-state index in [-0.39, 0.29) is 10.5 Å². The number of rotatable bonds is 6. The fourth-order valence-electron chi connectivity index (χ4n) is 2.14. The smallest absolute Gasteiger partial charge is 0.262 e. The second kappa shape index (κ2) is 6.62. The van der Waals surface area contributed by atoms with Crippen LogP contribution in [0.1, 0.15) is 29.3 Å². The first-order valence-corrected chi connectivity index (χ1v) is 8.43. The average molecular weight is 318 g/mol. The van der Waals surface area contributed by atoms with E-state index in [0.29, 0.717) is 5.69 Å². The molecule has 116 valence electrons. The number of primary amides is 1. The van der Waals surface area contributed by atoms with Gasteiger partial charge in [0, 0.05) is 5.69 Å². The third-order valence-electron chi connectivity index (χ3n) is 3.19. The lowest BCUT2D eigenvalue weighted by molar-refractivity contribution is 0.0997. The van der Waals surface area contributed by atoms with Crippen molar-refractivity contribution in [2.24, 2.45) is 5.73 Å². The van der Waals surface area contributed by atoms with Crippen LogP contribution in [-0.2, 0) is 16.4 Å². The molecule has 0 radical (unpaired) electrons. The van der Waals surface area contributed by atoms with Crippen molar-refractivity contribution in [1.29, 1.82) is 0 Å². The first-order chi connectivity index (χ1) is 10.4. The summed E-state index contributed by atoms with van der Waals surface area (Å²) in [6.45, 7) is 2.08. The molecule has 6 heteroatoms. The summed E-state index contributed by atoms with van der Waals surface area (Å²) in [6.07, 6.45) is 1.97. The number of aryl methyl sites for hydroxylation is 1. The average Bonchev–Trinajstić information content (AvgIpc) is 2.49. The van der Waals surface area contributed by atoms with Gasteiger partial charge in [-0.25, -0.2) is 8.42 Å². The number of hydrogen-bond donors (Lipinski definition) is 2.